The first kappa shape index (κ1) is 17.1. The molecule has 1 aliphatic rings. The molecule has 1 fully saturated rings. The highest BCUT2D eigenvalue weighted by molar-refractivity contribution is 9.10. The third kappa shape index (κ3) is 3.66. The van der Waals surface area contributed by atoms with Crippen LogP contribution < -0.4 is 5.73 Å². The number of nitrogens with zero attached hydrogens (tertiary/aromatic N) is 4. The first-order chi connectivity index (χ1) is 11.5. The molecule has 0 bridgehead atoms. The molecule has 1 saturated heterocycles. The van der Waals surface area contributed by atoms with E-state index in [9.17, 15) is 4.79 Å². The largest absolute Gasteiger partial charge is 0.373 e. The molecule has 1 aromatic heterocycles. The van der Waals surface area contributed by atoms with Crippen LogP contribution in [0.2, 0.25) is 0 Å². The predicted octanol–water partition coefficient (Wildman–Crippen LogP) is 1.14. The van der Waals surface area contributed by atoms with Crippen LogP contribution in [-0.4, -0.2) is 51.4 Å². The fourth-order valence-corrected chi connectivity index (χ4v) is 3.06. The van der Waals surface area contributed by atoms with E-state index in [0.29, 0.717) is 26.2 Å². The van der Waals surface area contributed by atoms with Crippen LogP contribution in [0.5, 0.6) is 0 Å². The normalized spacial score (nSPS) is 20.6. The number of amides is 1. The number of aromatic nitrogens is 3. The van der Waals surface area contributed by atoms with Crippen molar-refractivity contribution in [1.82, 2.24) is 19.7 Å². The Bertz CT molecular complexity index is 687. The second-order valence-electron chi connectivity index (χ2n) is 6.07. The van der Waals surface area contributed by atoms with Gasteiger partial charge in [-0.15, -0.1) is 0 Å². The minimum Gasteiger partial charge on any atom is -0.373 e. The van der Waals surface area contributed by atoms with Crippen molar-refractivity contribution >= 4 is 21.8 Å². The van der Waals surface area contributed by atoms with Crippen LogP contribution in [-0.2, 0) is 21.6 Å². The molecule has 0 spiro atoms. The lowest BCUT2D eigenvalue weighted by Crippen LogP contribution is -2.56. The van der Waals surface area contributed by atoms with E-state index in [4.69, 9.17) is 10.5 Å². The number of morpholine rings is 1. The summed E-state index contributed by atoms with van der Waals surface area (Å²) in [5, 5.41) is 4.08. The molecule has 2 unspecified atom stereocenters. The second kappa shape index (κ2) is 7.00. The van der Waals surface area contributed by atoms with Gasteiger partial charge in [0.05, 0.1) is 19.3 Å². The average Bonchev–Trinajstić information content (AvgIpc) is 3.08. The van der Waals surface area contributed by atoms with Crippen LogP contribution in [0, 0.1) is 0 Å². The SMILES string of the molecule is CC(N)(C(=O)N1CCOC(Cn2cncn2)C1)c1ccc(Br)cc1. The van der Waals surface area contributed by atoms with Crippen LogP contribution in [0.15, 0.2) is 41.4 Å². The van der Waals surface area contributed by atoms with Crippen LogP contribution in [0.25, 0.3) is 0 Å². The van der Waals surface area contributed by atoms with E-state index >= 15 is 0 Å². The van der Waals surface area contributed by atoms with Gasteiger partial charge in [0.1, 0.15) is 18.2 Å². The molecule has 2 aromatic rings. The lowest BCUT2D eigenvalue weighted by molar-refractivity contribution is -0.145. The van der Waals surface area contributed by atoms with Crippen molar-refractivity contribution in [2.24, 2.45) is 5.73 Å². The summed E-state index contributed by atoms with van der Waals surface area (Å²) in [5.74, 6) is -0.100. The summed E-state index contributed by atoms with van der Waals surface area (Å²) in [4.78, 5) is 18.6. The van der Waals surface area contributed by atoms with Gasteiger partial charge in [0.2, 0.25) is 5.91 Å². The van der Waals surface area contributed by atoms with Crippen LogP contribution in [0.4, 0.5) is 0 Å². The number of nitrogens with two attached hydrogens (primary N) is 1. The molecule has 2 atom stereocenters. The van der Waals surface area contributed by atoms with Gasteiger partial charge in [-0.05, 0) is 24.6 Å². The van der Waals surface area contributed by atoms with Crippen LogP contribution >= 0.6 is 15.9 Å². The molecule has 3 rings (SSSR count). The van der Waals surface area contributed by atoms with Gasteiger partial charge < -0.3 is 15.4 Å². The van der Waals surface area contributed by atoms with Gasteiger partial charge >= 0.3 is 0 Å². The third-order valence-electron chi connectivity index (χ3n) is 4.17. The fourth-order valence-electron chi connectivity index (χ4n) is 2.80. The maximum Gasteiger partial charge on any atom is 0.247 e. The van der Waals surface area contributed by atoms with Crippen molar-refractivity contribution in [1.29, 1.82) is 0 Å². The number of carbonyl (C=O) groups excluding carboxylic acids is 1. The van der Waals surface area contributed by atoms with Crippen molar-refractivity contribution in [3.63, 3.8) is 0 Å². The summed E-state index contributed by atoms with van der Waals surface area (Å²) in [6, 6.07) is 7.52. The minimum atomic E-state index is -1.07. The summed E-state index contributed by atoms with van der Waals surface area (Å²) in [7, 11) is 0. The van der Waals surface area contributed by atoms with Gasteiger partial charge in [-0.25, -0.2) is 4.98 Å². The number of carbonyl (C=O) groups is 1. The van der Waals surface area contributed by atoms with Crippen molar-refractivity contribution < 1.29 is 9.53 Å². The fraction of sp³-hybridized carbons (Fsp3) is 0.438. The Morgan fingerprint density at radius 1 is 1.46 bits per heavy atom. The Hall–Kier alpha value is -1.77. The maximum absolute atomic E-state index is 13.0. The molecule has 1 amide bonds. The van der Waals surface area contributed by atoms with Gasteiger partial charge in [0, 0.05) is 17.6 Å². The van der Waals surface area contributed by atoms with Gasteiger partial charge in [0.15, 0.2) is 0 Å². The number of hydrogen-bond acceptors (Lipinski definition) is 5. The number of hydrogen-bond donors (Lipinski definition) is 1. The number of rotatable bonds is 4. The van der Waals surface area contributed by atoms with Gasteiger partial charge in [-0.2, -0.15) is 5.10 Å². The molecule has 1 aromatic carbocycles. The summed E-state index contributed by atoms with van der Waals surface area (Å²) >= 11 is 3.40. The highest BCUT2D eigenvalue weighted by Gasteiger charge is 2.36. The predicted molar refractivity (Wildman–Crippen MR) is 92.0 cm³/mol. The summed E-state index contributed by atoms with van der Waals surface area (Å²) < 4.78 is 8.39. The molecular weight excluding hydrogens is 374 g/mol. The quantitative estimate of drug-likeness (QED) is 0.841. The van der Waals surface area contributed by atoms with E-state index in [-0.39, 0.29) is 12.0 Å². The second-order valence-corrected chi connectivity index (χ2v) is 6.99. The summed E-state index contributed by atoms with van der Waals surface area (Å²) in [6.45, 7) is 3.82. The monoisotopic (exact) mass is 393 g/mol. The Morgan fingerprint density at radius 2 is 2.21 bits per heavy atom. The van der Waals surface area contributed by atoms with Gasteiger partial charge in [0.25, 0.3) is 0 Å². The molecule has 0 aliphatic carbocycles. The molecule has 24 heavy (non-hydrogen) atoms. The van der Waals surface area contributed by atoms with Crippen LogP contribution in [0.3, 0.4) is 0 Å². The topological polar surface area (TPSA) is 86.3 Å². The maximum atomic E-state index is 13.0. The minimum absolute atomic E-state index is 0.100. The van der Waals surface area contributed by atoms with Crippen molar-refractivity contribution in [3.05, 3.63) is 47.0 Å². The first-order valence-corrected chi connectivity index (χ1v) is 8.54. The van der Waals surface area contributed by atoms with Crippen molar-refractivity contribution in [2.75, 3.05) is 19.7 Å². The van der Waals surface area contributed by atoms with E-state index in [0.717, 1.165) is 10.0 Å². The van der Waals surface area contributed by atoms with Crippen molar-refractivity contribution in [3.8, 4) is 0 Å². The molecule has 1 aliphatic heterocycles. The van der Waals surface area contributed by atoms with Gasteiger partial charge in [-0.3, -0.25) is 9.48 Å². The summed E-state index contributed by atoms with van der Waals surface area (Å²) in [5.41, 5.74) is 6.08. The molecule has 128 valence electrons. The molecule has 0 radical (unpaired) electrons. The standard InChI is InChI=1S/C16H20BrN5O2/c1-16(18,12-2-4-13(17)5-3-12)15(23)21-6-7-24-14(8-21)9-22-11-19-10-20-22/h2-5,10-11,14H,6-9,18H2,1H3. The molecule has 2 N–H and O–H groups in total. The lowest BCUT2D eigenvalue weighted by atomic mass is 9.91. The Kier molecular flexibility index (Phi) is 4.98. The zero-order valence-corrected chi connectivity index (χ0v) is 15.0. The van der Waals surface area contributed by atoms with E-state index in [1.807, 2.05) is 24.3 Å². The first-order valence-electron chi connectivity index (χ1n) is 7.75. The number of benzene rings is 1. The van der Waals surface area contributed by atoms with E-state index < -0.39 is 5.54 Å². The Balaban J connectivity index is 1.70. The lowest BCUT2D eigenvalue weighted by Gasteiger charge is -2.37. The number of ether oxygens (including phenoxy) is 1. The molecule has 7 nitrogen and oxygen atoms in total. The zero-order valence-electron chi connectivity index (χ0n) is 13.4. The van der Waals surface area contributed by atoms with Crippen LogP contribution in [0.1, 0.15) is 12.5 Å². The molecular formula is C16H20BrN5O2. The molecule has 2 heterocycles. The Labute approximate surface area is 148 Å². The Morgan fingerprint density at radius 3 is 2.88 bits per heavy atom. The van der Waals surface area contributed by atoms with E-state index in [2.05, 4.69) is 26.0 Å². The van der Waals surface area contributed by atoms with E-state index in [1.165, 1.54) is 6.33 Å². The highest BCUT2D eigenvalue weighted by Crippen LogP contribution is 2.24. The smallest absolute Gasteiger partial charge is 0.247 e. The third-order valence-corrected chi connectivity index (χ3v) is 4.70. The average molecular weight is 394 g/mol. The zero-order chi connectivity index (χ0) is 17.2. The number of halogens is 1. The molecule has 0 saturated carbocycles. The van der Waals surface area contributed by atoms with Crippen molar-refractivity contribution in [2.45, 2.75) is 25.1 Å². The summed E-state index contributed by atoms with van der Waals surface area (Å²) in [6.07, 6.45) is 3.00. The highest BCUT2D eigenvalue weighted by atomic mass is 79.9. The molecule has 8 heteroatoms. The van der Waals surface area contributed by atoms with E-state index in [1.54, 1.807) is 22.8 Å². The van der Waals surface area contributed by atoms with Gasteiger partial charge in [-0.1, -0.05) is 28.1 Å².